The Hall–Kier alpha value is -2.05. The fraction of sp³-hybridized carbons (Fsp3) is 0.368. The number of sulfonamides is 1. The van der Waals surface area contributed by atoms with Gasteiger partial charge in [0.1, 0.15) is 0 Å². The molecule has 2 aromatic carbocycles. The number of anilines is 2. The largest absolute Gasteiger partial charge is 0.367 e. The lowest BCUT2D eigenvalue weighted by atomic mass is 10.2. The molecule has 1 fully saturated rings. The van der Waals surface area contributed by atoms with Crippen molar-refractivity contribution in [2.45, 2.75) is 18.7 Å². The van der Waals surface area contributed by atoms with Crippen LogP contribution < -0.4 is 9.62 Å². The molecule has 2 aromatic rings. The van der Waals surface area contributed by atoms with Gasteiger partial charge in [-0.3, -0.25) is 4.72 Å². The van der Waals surface area contributed by atoms with Gasteiger partial charge in [0.2, 0.25) is 0 Å². The zero-order valence-electron chi connectivity index (χ0n) is 15.0. The number of aryl methyl sites for hydroxylation is 2. The summed E-state index contributed by atoms with van der Waals surface area (Å²) in [6.07, 6.45) is 0. The van der Waals surface area contributed by atoms with E-state index in [9.17, 15) is 8.42 Å². The lowest BCUT2D eigenvalue weighted by Crippen LogP contribution is -2.44. The summed E-state index contributed by atoms with van der Waals surface area (Å²) in [5, 5.41) is 0. The summed E-state index contributed by atoms with van der Waals surface area (Å²) in [6.45, 7) is 7.44. The Bertz CT molecular complexity index is 857. The number of likely N-dealkylation sites (N-methyl/N-ethyl adjacent to an activating group) is 1. The Kier molecular flexibility index (Phi) is 5.01. The average Bonchev–Trinajstić information content (AvgIpc) is 2.58. The zero-order valence-corrected chi connectivity index (χ0v) is 15.8. The Balaban J connectivity index is 1.91. The number of para-hydroxylation sites is 2. The molecule has 5 nitrogen and oxygen atoms in total. The molecular weight excluding hydrogens is 334 g/mol. The summed E-state index contributed by atoms with van der Waals surface area (Å²) in [5.41, 5.74) is 3.24. The number of benzene rings is 2. The lowest BCUT2D eigenvalue weighted by Gasteiger charge is -2.35. The van der Waals surface area contributed by atoms with Crippen molar-refractivity contribution in [3.05, 3.63) is 53.6 Å². The highest BCUT2D eigenvalue weighted by atomic mass is 32.2. The van der Waals surface area contributed by atoms with Crippen molar-refractivity contribution >= 4 is 21.4 Å². The highest BCUT2D eigenvalue weighted by Crippen LogP contribution is 2.29. The minimum absolute atomic E-state index is 0.334. The Labute approximate surface area is 150 Å². The van der Waals surface area contributed by atoms with E-state index in [2.05, 4.69) is 21.6 Å². The molecule has 0 saturated carbocycles. The van der Waals surface area contributed by atoms with Crippen LogP contribution in [0.1, 0.15) is 11.1 Å². The van der Waals surface area contributed by atoms with Crippen LogP contribution in [0.4, 0.5) is 11.4 Å². The molecule has 1 N–H and O–H groups in total. The molecule has 0 bridgehead atoms. The standard InChI is InChI=1S/C19H25N3O2S/c1-15-8-9-16(2)19(14-15)25(23,24)20-17-6-4-5-7-18(17)22-12-10-21(3)11-13-22/h4-9,14,20H,10-13H2,1-3H3. The zero-order chi connectivity index (χ0) is 18.0. The van der Waals surface area contributed by atoms with Crippen LogP contribution in [0.15, 0.2) is 47.4 Å². The minimum atomic E-state index is -3.63. The molecule has 134 valence electrons. The molecular formula is C19H25N3O2S. The average molecular weight is 359 g/mol. The van der Waals surface area contributed by atoms with E-state index in [4.69, 9.17) is 0 Å². The van der Waals surface area contributed by atoms with Crippen molar-refractivity contribution in [1.82, 2.24) is 4.90 Å². The predicted octanol–water partition coefficient (Wildman–Crippen LogP) is 2.86. The number of nitrogens with one attached hydrogen (secondary N) is 1. The first-order valence-corrected chi connectivity index (χ1v) is 9.98. The first-order chi connectivity index (χ1) is 11.9. The van der Waals surface area contributed by atoms with Crippen molar-refractivity contribution in [2.75, 3.05) is 42.8 Å². The van der Waals surface area contributed by atoms with Crippen LogP contribution in [0.25, 0.3) is 0 Å². The molecule has 0 aromatic heterocycles. The molecule has 0 radical (unpaired) electrons. The van der Waals surface area contributed by atoms with E-state index >= 15 is 0 Å². The maximum absolute atomic E-state index is 12.9. The van der Waals surface area contributed by atoms with Gasteiger partial charge < -0.3 is 9.80 Å². The second kappa shape index (κ2) is 7.06. The van der Waals surface area contributed by atoms with Gasteiger partial charge in [-0.2, -0.15) is 0 Å². The molecule has 1 aliphatic rings. The SMILES string of the molecule is Cc1ccc(C)c(S(=O)(=O)Nc2ccccc2N2CCN(C)CC2)c1. The molecule has 6 heteroatoms. The highest BCUT2D eigenvalue weighted by Gasteiger charge is 2.21. The van der Waals surface area contributed by atoms with Crippen molar-refractivity contribution in [3.63, 3.8) is 0 Å². The molecule has 25 heavy (non-hydrogen) atoms. The molecule has 1 saturated heterocycles. The maximum atomic E-state index is 12.9. The van der Waals surface area contributed by atoms with Crippen LogP contribution in [0, 0.1) is 13.8 Å². The van der Waals surface area contributed by atoms with Gasteiger partial charge in [-0.15, -0.1) is 0 Å². The lowest BCUT2D eigenvalue weighted by molar-refractivity contribution is 0.313. The number of piperazine rings is 1. The third kappa shape index (κ3) is 3.96. The Morgan fingerprint density at radius 3 is 2.36 bits per heavy atom. The molecule has 0 unspecified atom stereocenters. The van der Waals surface area contributed by atoms with Crippen molar-refractivity contribution in [1.29, 1.82) is 0 Å². The molecule has 0 amide bonds. The molecule has 0 spiro atoms. The fourth-order valence-corrected chi connectivity index (χ4v) is 4.48. The van der Waals surface area contributed by atoms with E-state index in [-0.39, 0.29) is 0 Å². The molecule has 0 atom stereocenters. The van der Waals surface area contributed by atoms with Gasteiger partial charge in [-0.1, -0.05) is 24.3 Å². The minimum Gasteiger partial charge on any atom is -0.367 e. The summed E-state index contributed by atoms with van der Waals surface area (Å²) in [5.74, 6) is 0. The first kappa shape index (κ1) is 17.8. The Morgan fingerprint density at radius 1 is 0.960 bits per heavy atom. The third-order valence-corrected chi connectivity index (χ3v) is 6.13. The molecule has 1 heterocycles. The molecule has 3 rings (SSSR count). The van der Waals surface area contributed by atoms with Gasteiger partial charge >= 0.3 is 0 Å². The van der Waals surface area contributed by atoms with Crippen LogP contribution in [-0.2, 0) is 10.0 Å². The fourth-order valence-electron chi connectivity index (χ4n) is 3.08. The van der Waals surface area contributed by atoms with Gasteiger partial charge in [0.25, 0.3) is 10.0 Å². The quantitative estimate of drug-likeness (QED) is 0.912. The van der Waals surface area contributed by atoms with Crippen molar-refractivity contribution in [2.24, 2.45) is 0 Å². The summed E-state index contributed by atoms with van der Waals surface area (Å²) in [6, 6.07) is 13.1. The topological polar surface area (TPSA) is 52.7 Å². The van der Waals surface area contributed by atoms with E-state index in [1.807, 2.05) is 50.2 Å². The van der Waals surface area contributed by atoms with Gasteiger partial charge in [0, 0.05) is 26.2 Å². The molecule has 0 aliphatic carbocycles. The number of hydrogen-bond acceptors (Lipinski definition) is 4. The van der Waals surface area contributed by atoms with Crippen LogP contribution in [-0.4, -0.2) is 46.5 Å². The van der Waals surface area contributed by atoms with Crippen LogP contribution in [0.5, 0.6) is 0 Å². The van der Waals surface area contributed by atoms with Gasteiger partial charge in [0.15, 0.2) is 0 Å². The maximum Gasteiger partial charge on any atom is 0.262 e. The van der Waals surface area contributed by atoms with E-state index < -0.39 is 10.0 Å². The van der Waals surface area contributed by atoms with Crippen molar-refractivity contribution in [3.8, 4) is 0 Å². The van der Waals surface area contributed by atoms with Crippen LogP contribution >= 0.6 is 0 Å². The summed E-state index contributed by atoms with van der Waals surface area (Å²) < 4.78 is 28.6. The Morgan fingerprint density at radius 2 is 1.64 bits per heavy atom. The summed E-state index contributed by atoms with van der Waals surface area (Å²) in [4.78, 5) is 4.85. The first-order valence-electron chi connectivity index (χ1n) is 8.49. The monoisotopic (exact) mass is 359 g/mol. The number of nitrogens with zero attached hydrogens (tertiary/aromatic N) is 2. The summed E-state index contributed by atoms with van der Waals surface area (Å²) in [7, 11) is -1.52. The van der Waals surface area contributed by atoms with Gasteiger partial charge in [-0.25, -0.2) is 8.42 Å². The predicted molar refractivity (Wildman–Crippen MR) is 103 cm³/mol. The van der Waals surface area contributed by atoms with Crippen LogP contribution in [0.3, 0.4) is 0 Å². The van der Waals surface area contributed by atoms with Gasteiger partial charge in [-0.05, 0) is 50.2 Å². The van der Waals surface area contributed by atoms with E-state index in [0.717, 1.165) is 43.0 Å². The molecule has 1 aliphatic heterocycles. The van der Waals surface area contributed by atoms with E-state index in [1.165, 1.54) is 0 Å². The number of hydrogen-bond donors (Lipinski definition) is 1. The third-order valence-electron chi connectivity index (χ3n) is 4.63. The van der Waals surface area contributed by atoms with E-state index in [0.29, 0.717) is 10.6 Å². The highest BCUT2D eigenvalue weighted by molar-refractivity contribution is 7.92. The second-order valence-corrected chi connectivity index (χ2v) is 8.33. The van der Waals surface area contributed by atoms with Crippen molar-refractivity contribution < 1.29 is 8.42 Å². The number of rotatable bonds is 4. The second-order valence-electron chi connectivity index (χ2n) is 6.68. The van der Waals surface area contributed by atoms with Crippen LogP contribution in [0.2, 0.25) is 0 Å². The smallest absolute Gasteiger partial charge is 0.262 e. The van der Waals surface area contributed by atoms with Gasteiger partial charge in [0.05, 0.1) is 16.3 Å². The van der Waals surface area contributed by atoms with E-state index in [1.54, 1.807) is 6.07 Å². The summed E-state index contributed by atoms with van der Waals surface area (Å²) >= 11 is 0. The normalized spacial score (nSPS) is 16.0.